The normalized spacial score (nSPS) is 26.7. The number of carbonyl (C=O) groups is 2. The van der Waals surface area contributed by atoms with Crippen LogP contribution in [-0.2, 0) is 9.59 Å². The van der Waals surface area contributed by atoms with Gasteiger partial charge in [0.05, 0.1) is 0 Å². The smallest absolute Gasteiger partial charge is 0.317 e. The first-order valence-electron chi connectivity index (χ1n) is 6.10. The molecule has 0 bridgehead atoms. The van der Waals surface area contributed by atoms with Crippen LogP contribution in [0.25, 0.3) is 0 Å². The molecule has 0 radical (unpaired) electrons. The second-order valence-electron chi connectivity index (χ2n) is 4.43. The molecule has 104 valence electrons. The first-order chi connectivity index (χ1) is 9.53. The fourth-order valence-corrected chi connectivity index (χ4v) is 1.58. The second kappa shape index (κ2) is 7.19. The molecule has 0 fully saturated rings. The van der Waals surface area contributed by atoms with Gasteiger partial charge in [0.15, 0.2) is 0 Å². The maximum Gasteiger partial charge on any atom is 0.317 e. The van der Waals surface area contributed by atoms with E-state index in [2.05, 4.69) is 4.99 Å². The summed E-state index contributed by atoms with van der Waals surface area (Å²) < 4.78 is 0. The SMILES string of the molecule is CN=C/C=C1/C=CC(C)(C(=O)O)C=C/C1=C/C=C/C=O. The van der Waals surface area contributed by atoms with Gasteiger partial charge in [-0.05, 0) is 30.2 Å². The number of rotatable bonds is 4. The summed E-state index contributed by atoms with van der Waals surface area (Å²) >= 11 is 0. The highest BCUT2D eigenvalue weighted by atomic mass is 16.4. The highest BCUT2D eigenvalue weighted by Gasteiger charge is 2.28. The van der Waals surface area contributed by atoms with Crippen LogP contribution >= 0.6 is 0 Å². The Hall–Kier alpha value is -2.49. The van der Waals surface area contributed by atoms with E-state index in [1.54, 1.807) is 62.7 Å². The predicted octanol–water partition coefficient (Wildman–Crippen LogP) is 2.51. The van der Waals surface area contributed by atoms with E-state index in [-0.39, 0.29) is 0 Å². The molecule has 20 heavy (non-hydrogen) atoms. The summed E-state index contributed by atoms with van der Waals surface area (Å²) in [5.74, 6) is -0.918. The Labute approximate surface area is 118 Å². The van der Waals surface area contributed by atoms with Crippen molar-refractivity contribution in [1.82, 2.24) is 0 Å². The molecule has 1 aliphatic rings. The highest BCUT2D eigenvalue weighted by molar-refractivity contribution is 5.81. The van der Waals surface area contributed by atoms with Crippen molar-refractivity contribution in [3.8, 4) is 0 Å². The molecule has 1 atom stereocenters. The molecule has 0 aromatic heterocycles. The summed E-state index contributed by atoms with van der Waals surface area (Å²) in [4.78, 5) is 25.5. The Balaban J connectivity index is 3.29. The lowest BCUT2D eigenvalue weighted by atomic mass is 9.90. The van der Waals surface area contributed by atoms with E-state index in [1.165, 1.54) is 6.08 Å². The topological polar surface area (TPSA) is 66.7 Å². The zero-order chi connectivity index (χ0) is 15.0. The number of aliphatic carboxylic acids is 1. The van der Waals surface area contributed by atoms with Gasteiger partial charge in [0, 0.05) is 13.3 Å². The van der Waals surface area contributed by atoms with Crippen LogP contribution < -0.4 is 0 Å². The van der Waals surface area contributed by atoms with Crippen molar-refractivity contribution in [2.75, 3.05) is 7.05 Å². The van der Waals surface area contributed by atoms with Crippen LogP contribution in [0.1, 0.15) is 6.92 Å². The molecule has 0 heterocycles. The quantitative estimate of drug-likeness (QED) is 0.485. The summed E-state index contributed by atoms with van der Waals surface area (Å²) in [7, 11) is 1.66. The van der Waals surface area contributed by atoms with Gasteiger partial charge in [0.2, 0.25) is 0 Å². The van der Waals surface area contributed by atoms with Gasteiger partial charge in [0.1, 0.15) is 11.7 Å². The second-order valence-corrected chi connectivity index (χ2v) is 4.43. The third-order valence-corrected chi connectivity index (χ3v) is 2.88. The molecule has 1 rings (SSSR count). The third kappa shape index (κ3) is 4.02. The number of hydrogen-bond donors (Lipinski definition) is 1. The van der Waals surface area contributed by atoms with Crippen LogP contribution in [0, 0.1) is 5.41 Å². The Kier molecular flexibility index (Phi) is 5.59. The molecule has 0 amide bonds. The number of allylic oxidation sites excluding steroid dienone is 8. The van der Waals surface area contributed by atoms with Crippen LogP contribution in [0.5, 0.6) is 0 Å². The number of aldehydes is 1. The van der Waals surface area contributed by atoms with Gasteiger partial charge in [0.25, 0.3) is 0 Å². The molecule has 0 saturated carbocycles. The van der Waals surface area contributed by atoms with E-state index < -0.39 is 11.4 Å². The fourth-order valence-electron chi connectivity index (χ4n) is 1.58. The number of nitrogens with zero attached hydrogens (tertiary/aromatic N) is 1. The van der Waals surface area contributed by atoms with Crippen LogP contribution in [0.3, 0.4) is 0 Å². The van der Waals surface area contributed by atoms with Crippen molar-refractivity contribution < 1.29 is 14.7 Å². The van der Waals surface area contributed by atoms with E-state index in [9.17, 15) is 14.7 Å². The lowest BCUT2D eigenvalue weighted by Crippen LogP contribution is -2.21. The van der Waals surface area contributed by atoms with Gasteiger partial charge in [-0.25, -0.2) is 0 Å². The Morgan fingerprint density at radius 2 is 1.80 bits per heavy atom. The lowest BCUT2D eigenvalue weighted by Gasteiger charge is -2.13. The first kappa shape index (κ1) is 15.6. The minimum atomic E-state index is -1.05. The molecule has 0 aromatic rings. The van der Waals surface area contributed by atoms with E-state index in [1.807, 2.05) is 0 Å². The van der Waals surface area contributed by atoms with Crippen molar-refractivity contribution in [1.29, 1.82) is 0 Å². The minimum absolute atomic E-state index is 0.686. The van der Waals surface area contributed by atoms with Crippen LogP contribution in [-0.4, -0.2) is 30.6 Å². The van der Waals surface area contributed by atoms with Crippen molar-refractivity contribution in [2.24, 2.45) is 10.4 Å². The van der Waals surface area contributed by atoms with Gasteiger partial charge >= 0.3 is 5.97 Å². The molecule has 4 heteroatoms. The number of carboxylic acid groups (broad SMARTS) is 1. The highest BCUT2D eigenvalue weighted by Crippen LogP contribution is 2.28. The standard InChI is InChI=1S/C16H17NO3/c1-16(15(19)20)9-6-13(5-3-4-12-18)14(7-10-16)8-11-17-2/h3-12H,1-2H3,(H,19,20)/b4-3+,13-5-,14-8-,17-11?. The molecule has 1 unspecified atom stereocenters. The molecular weight excluding hydrogens is 254 g/mol. The maximum atomic E-state index is 11.3. The van der Waals surface area contributed by atoms with Crippen LogP contribution in [0.4, 0.5) is 0 Å². The average Bonchev–Trinajstić information content (AvgIpc) is 2.58. The zero-order valence-corrected chi connectivity index (χ0v) is 11.5. The molecule has 0 spiro atoms. The molecule has 4 nitrogen and oxygen atoms in total. The summed E-state index contributed by atoms with van der Waals surface area (Å²) in [6.07, 6.45) is 15.6. The summed E-state index contributed by atoms with van der Waals surface area (Å²) in [5.41, 5.74) is 0.587. The molecule has 1 N–H and O–H groups in total. The van der Waals surface area contributed by atoms with Crippen molar-refractivity contribution in [2.45, 2.75) is 6.92 Å². The van der Waals surface area contributed by atoms with Gasteiger partial charge in [-0.15, -0.1) is 0 Å². The van der Waals surface area contributed by atoms with Gasteiger partial charge in [-0.2, -0.15) is 0 Å². The van der Waals surface area contributed by atoms with Gasteiger partial charge in [-0.1, -0.05) is 36.5 Å². The largest absolute Gasteiger partial charge is 0.480 e. The summed E-state index contributed by atoms with van der Waals surface area (Å²) in [6, 6.07) is 0. The van der Waals surface area contributed by atoms with E-state index in [0.717, 1.165) is 11.1 Å². The maximum absolute atomic E-state index is 11.3. The first-order valence-corrected chi connectivity index (χ1v) is 6.10. The van der Waals surface area contributed by atoms with E-state index >= 15 is 0 Å². The molecule has 0 aromatic carbocycles. The fraction of sp³-hybridized carbons (Fsp3) is 0.188. The lowest BCUT2D eigenvalue weighted by molar-refractivity contribution is -0.142. The van der Waals surface area contributed by atoms with Crippen molar-refractivity contribution in [3.63, 3.8) is 0 Å². The molecular formula is C16H17NO3. The summed E-state index contributed by atoms with van der Waals surface area (Å²) in [5, 5.41) is 9.26. The van der Waals surface area contributed by atoms with E-state index in [0.29, 0.717) is 6.29 Å². The number of hydrogen-bond acceptors (Lipinski definition) is 3. The zero-order valence-electron chi connectivity index (χ0n) is 11.5. The summed E-state index contributed by atoms with van der Waals surface area (Å²) in [6.45, 7) is 1.62. The monoisotopic (exact) mass is 271 g/mol. The van der Waals surface area contributed by atoms with Crippen molar-refractivity contribution in [3.05, 3.63) is 59.8 Å². The van der Waals surface area contributed by atoms with Gasteiger partial charge in [-0.3, -0.25) is 14.6 Å². The molecule has 0 saturated heterocycles. The van der Waals surface area contributed by atoms with Crippen LogP contribution in [0.2, 0.25) is 0 Å². The van der Waals surface area contributed by atoms with Gasteiger partial charge < -0.3 is 5.11 Å². The number of carboxylic acids is 1. The number of carbonyl (C=O) groups excluding carboxylic acids is 1. The van der Waals surface area contributed by atoms with E-state index in [4.69, 9.17) is 0 Å². The Morgan fingerprint density at radius 3 is 2.30 bits per heavy atom. The Morgan fingerprint density at radius 1 is 1.20 bits per heavy atom. The van der Waals surface area contributed by atoms with Crippen molar-refractivity contribution >= 4 is 18.5 Å². The third-order valence-electron chi connectivity index (χ3n) is 2.88. The average molecular weight is 271 g/mol. The Bertz CT molecular complexity index is 562. The minimum Gasteiger partial charge on any atom is -0.480 e. The predicted molar refractivity (Wildman–Crippen MR) is 79.8 cm³/mol. The molecule has 0 aliphatic heterocycles. The van der Waals surface area contributed by atoms with Crippen LogP contribution in [0.15, 0.2) is 64.7 Å². The number of aliphatic imine (C=N–C) groups is 1. The molecule has 1 aliphatic carbocycles.